The summed E-state index contributed by atoms with van der Waals surface area (Å²) in [5.74, 6) is 0.854. The summed E-state index contributed by atoms with van der Waals surface area (Å²) in [5.41, 5.74) is 0.310. The van der Waals surface area contributed by atoms with Gasteiger partial charge in [0.05, 0.1) is 42.2 Å². The smallest absolute Gasteiger partial charge is 0.264 e. The first-order chi connectivity index (χ1) is 21.1. The molecule has 44 heavy (non-hydrogen) atoms. The molecule has 0 aliphatic carbocycles. The second-order valence-electron chi connectivity index (χ2n) is 12.0. The quantitative estimate of drug-likeness (QED) is 0.255. The van der Waals surface area contributed by atoms with E-state index in [9.17, 15) is 22.4 Å². The molecule has 0 radical (unpaired) electrons. The summed E-state index contributed by atoms with van der Waals surface area (Å²) < 4.78 is 51.2. The average Bonchev–Trinajstić information content (AvgIpc) is 3.31. The Morgan fingerprint density at radius 3 is 2.50 bits per heavy atom. The van der Waals surface area contributed by atoms with Crippen LogP contribution in [0.5, 0.6) is 5.75 Å². The Bertz CT molecular complexity index is 1420. The van der Waals surface area contributed by atoms with Crippen molar-refractivity contribution in [2.75, 3.05) is 50.0 Å². The number of aromatic nitrogens is 2. The van der Waals surface area contributed by atoms with Gasteiger partial charge in [0, 0.05) is 51.1 Å². The fourth-order valence-electron chi connectivity index (χ4n) is 6.32. The van der Waals surface area contributed by atoms with Gasteiger partial charge in [-0.25, -0.2) is 14.4 Å². The molecule has 4 heterocycles. The molecule has 2 amide bonds. The van der Waals surface area contributed by atoms with E-state index >= 15 is 0 Å². The second kappa shape index (κ2) is 14.4. The lowest BCUT2D eigenvalue weighted by atomic mass is 9.91. The van der Waals surface area contributed by atoms with Crippen LogP contribution in [0.3, 0.4) is 0 Å². The van der Waals surface area contributed by atoms with E-state index in [2.05, 4.69) is 14.9 Å². The molecule has 0 spiro atoms. The Balaban J connectivity index is 0.987. The first-order valence-corrected chi connectivity index (χ1v) is 17.2. The average molecular weight is 652 g/mol. The highest BCUT2D eigenvalue weighted by atomic mass is 35.5. The Kier molecular flexibility index (Phi) is 10.6. The number of carbonyl (C=O) groups excluding carboxylic acids is 2. The lowest BCUT2D eigenvalue weighted by molar-refractivity contribution is -0.141. The number of halogens is 2. The molecule has 1 aromatic heterocycles. The normalized spacial score (nSPS) is 20.4. The van der Waals surface area contributed by atoms with Gasteiger partial charge in [-0.05, 0) is 56.1 Å². The van der Waals surface area contributed by atoms with Crippen LogP contribution in [0.15, 0.2) is 30.6 Å². The van der Waals surface area contributed by atoms with Crippen molar-refractivity contribution >= 4 is 39.5 Å². The number of hydrogen-bond acceptors (Lipinski definition) is 8. The standard InChI is InChI=1S/C30H39ClFN5O6S/c31-24-16-33-30(34-17-24)35-10-8-21(9-11-35)4-3-12-43-25-7-6-22(26(32)15-25)14-29(39)36-18-23-19-37(27(23)20-36)28(38)5-1-2-13-44(40,41)42/h6-7,15-17,21,23,27H,1-5,8-14,18-20H2,(H,40,41,42)/t23-,27-/m0/s1. The van der Waals surface area contributed by atoms with Crippen molar-refractivity contribution in [3.05, 3.63) is 47.0 Å². The fraction of sp³-hybridized carbons (Fsp3) is 0.600. The molecule has 3 fully saturated rings. The van der Waals surface area contributed by atoms with Crippen LogP contribution >= 0.6 is 11.6 Å². The number of ether oxygens (including phenoxy) is 1. The van der Waals surface area contributed by atoms with Gasteiger partial charge in [0.25, 0.3) is 10.1 Å². The highest BCUT2D eigenvalue weighted by molar-refractivity contribution is 7.85. The Morgan fingerprint density at radius 1 is 1.05 bits per heavy atom. The minimum absolute atomic E-state index is 0.0568. The molecular formula is C30H39ClFN5O6S. The minimum Gasteiger partial charge on any atom is -0.493 e. The van der Waals surface area contributed by atoms with E-state index in [0.717, 1.165) is 38.8 Å². The monoisotopic (exact) mass is 651 g/mol. The number of amides is 2. The number of likely N-dealkylation sites (tertiary alicyclic amines) is 2. The summed E-state index contributed by atoms with van der Waals surface area (Å²) in [5, 5.41) is 0.525. The molecule has 3 aliphatic heterocycles. The summed E-state index contributed by atoms with van der Waals surface area (Å²) in [6, 6.07) is 4.58. The van der Waals surface area contributed by atoms with E-state index in [0.29, 0.717) is 60.9 Å². The minimum atomic E-state index is -4.02. The number of benzene rings is 1. The van der Waals surface area contributed by atoms with Crippen molar-refractivity contribution in [2.24, 2.45) is 11.8 Å². The summed E-state index contributed by atoms with van der Waals surface area (Å²) in [6.45, 7) is 3.79. The topological polar surface area (TPSA) is 133 Å². The number of piperidine rings is 1. The molecular weight excluding hydrogens is 613 g/mol. The van der Waals surface area contributed by atoms with E-state index < -0.39 is 15.9 Å². The Hall–Kier alpha value is -3.03. The number of nitrogens with zero attached hydrogens (tertiary/aromatic N) is 5. The predicted molar refractivity (Wildman–Crippen MR) is 163 cm³/mol. The lowest BCUT2D eigenvalue weighted by Gasteiger charge is -2.43. The molecule has 240 valence electrons. The van der Waals surface area contributed by atoms with E-state index in [-0.39, 0.29) is 48.8 Å². The first-order valence-electron chi connectivity index (χ1n) is 15.2. The maximum Gasteiger partial charge on any atom is 0.264 e. The third-order valence-corrected chi connectivity index (χ3v) is 9.85. The molecule has 2 atom stereocenters. The molecule has 3 aliphatic rings. The van der Waals surface area contributed by atoms with Crippen LogP contribution < -0.4 is 9.64 Å². The van der Waals surface area contributed by atoms with Crippen molar-refractivity contribution in [3.63, 3.8) is 0 Å². The van der Waals surface area contributed by atoms with Crippen LogP contribution in [-0.2, 0) is 26.1 Å². The summed E-state index contributed by atoms with van der Waals surface area (Å²) in [4.78, 5) is 39.7. The zero-order valence-electron chi connectivity index (χ0n) is 24.6. The van der Waals surface area contributed by atoms with E-state index in [4.69, 9.17) is 20.9 Å². The van der Waals surface area contributed by atoms with E-state index in [1.165, 1.54) is 6.07 Å². The van der Waals surface area contributed by atoms with Crippen molar-refractivity contribution in [1.82, 2.24) is 19.8 Å². The molecule has 3 saturated heterocycles. The van der Waals surface area contributed by atoms with Gasteiger partial charge in [-0.1, -0.05) is 17.7 Å². The van der Waals surface area contributed by atoms with Crippen LogP contribution in [-0.4, -0.2) is 95.7 Å². The summed E-state index contributed by atoms with van der Waals surface area (Å²) in [6.07, 6.45) is 7.95. The van der Waals surface area contributed by atoms with Crippen LogP contribution in [0, 0.1) is 17.7 Å². The SMILES string of the molecule is O=C(Cc1ccc(OCCCC2CCN(c3ncc(Cl)cn3)CC2)cc1F)N1C[C@H]2CN(C(=O)CCCCS(=O)(=O)O)[C@H]2C1. The third-order valence-electron chi connectivity index (χ3n) is 8.85. The number of rotatable bonds is 13. The predicted octanol–water partition coefficient (Wildman–Crippen LogP) is 3.61. The maximum absolute atomic E-state index is 14.9. The van der Waals surface area contributed by atoms with Crippen LogP contribution in [0.25, 0.3) is 0 Å². The highest BCUT2D eigenvalue weighted by Crippen LogP contribution is 2.33. The molecule has 1 aromatic carbocycles. The van der Waals surface area contributed by atoms with Crippen molar-refractivity contribution in [1.29, 1.82) is 0 Å². The molecule has 0 bridgehead atoms. The Morgan fingerprint density at radius 2 is 1.80 bits per heavy atom. The maximum atomic E-state index is 14.9. The molecule has 1 N–H and O–H groups in total. The zero-order chi connectivity index (χ0) is 31.3. The van der Waals surface area contributed by atoms with Crippen molar-refractivity contribution < 1.29 is 31.7 Å². The van der Waals surface area contributed by atoms with Gasteiger partial charge in [0.1, 0.15) is 11.6 Å². The second-order valence-corrected chi connectivity index (χ2v) is 14.0. The number of carbonyl (C=O) groups is 2. The molecule has 0 saturated carbocycles. The van der Waals surface area contributed by atoms with E-state index in [1.807, 2.05) is 0 Å². The van der Waals surface area contributed by atoms with Gasteiger partial charge in [0.15, 0.2) is 0 Å². The van der Waals surface area contributed by atoms with Gasteiger partial charge in [0.2, 0.25) is 17.8 Å². The number of unbranched alkanes of at least 4 members (excludes halogenated alkanes) is 1. The van der Waals surface area contributed by atoms with Crippen molar-refractivity contribution in [3.8, 4) is 5.75 Å². The third kappa shape index (κ3) is 8.57. The van der Waals surface area contributed by atoms with Gasteiger partial charge in [-0.3, -0.25) is 14.1 Å². The first kappa shape index (κ1) is 32.4. The summed E-state index contributed by atoms with van der Waals surface area (Å²) >= 11 is 5.88. The van der Waals surface area contributed by atoms with Gasteiger partial charge >= 0.3 is 0 Å². The van der Waals surface area contributed by atoms with E-state index in [1.54, 1.807) is 34.3 Å². The molecule has 14 heteroatoms. The number of fused-ring (bicyclic) bond motifs is 1. The molecule has 5 rings (SSSR count). The zero-order valence-corrected chi connectivity index (χ0v) is 26.2. The van der Waals surface area contributed by atoms with Crippen LogP contribution in [0.4, 0.5) is 10.3 Å². The molecule has 0 unspecified atom stereocenters. The van der Waals surface area contributed by atoms with Crippen LogP contribution in [0.1, 0.15) is 50.5 Å². The molecule has 11 nitrogen and oxygen atoms in total. The lowest BCUT2D eigenvalue weighted by Crippen LogP contribution is -2.58. The number of anilines is 1. The van der Waals surface area contributed by atoms with Gasteiger partial charge < -0.3 is 19.4 Å². The van der Waals surface area contributed by atoms with Gasteiger partial charge in [-0.15, -0.1) is 0 Å². The van der Waals surface area contributed by atoms with Gasteiger partial charge in [-0.2, -0.15) is 8.42 Å². The molecule has 2 aromatic rings. The highest BCUT2D eigenvalue weighted by Gasteiger charge is 2.48. The largest absolute Gasteiger partial charge is 0.493 e. The fourth-order valence-corrected chi connectivity index (χ4v) is 6.99. The van der Waals surface area contributed by atoms with Crippen molar-refractivity contribution in [2.45, 2.75) is 57.4 Å². The Labute approximate surface area is 262 Å². The number of hydrogen-bond donors (Lipinski definition) is 1. The summed E-state index contributed by atoms with van der Waals surface area (Å²) in [7, 11) is -4.02. The van der Waals surface area contributed by atoms with Crippen LogP contribution in [0.2, 0.25) is 5.02 Å².